The van der Waals surface area contributed by atoms with E-state index in [0.29, 0.717) is 40.8 Å². The highest BCUT2D eigenvalue weighted by atomic mass is 35.5. The van der Waals surface area contributed by atoms with E-state index in [2.05, 4.69) is 22.4 Å². The summed E-state index contributed by atoms with van der Waals surface area (Å²) in [6, 6.07) is 20.0. The molecule has 0 atom stereocenters. The standard InChI is InChI=1S/C28H28ClN3O4/c1-3-10-21-15-20(18-30-32-27(34)17-26(33)31-23-12-6-5-7-13-23)16-25(35-4-2)28(21)36-19-22-11-8-9-14-24(22)29/h3,5-9,11-16,18H,1,4,10,17,19H2,2H3,(H,31,33)(H,32,34). The lowest BCUT2D eigenvalue weighted by Crippen LogP contribution is -2.24. The predicted octanol–water partition coefficient (Wildman–Crippen LogP) is 5.53. The van der Waals surface area contributed by atoms with Crippen LogP contribution in [0.3, 0.4) is 0 Å². The molecule has 0 aliphatic heterocycles. The van der Waals surface area contributed by atoms with Gasteiger partial charge in [-0.2, -0.15) is 5.10 Å². The molecule has 3 rings (SSSR count). The van der Waals surface area contributed by atoms with E-state index in [1.807, 2.05) is 43.3 Å². The highest BCUT2D eigenvalue weighted by molar-refractivity contribution is 6.31. The average Bonchev–Trinajstić information content (AvgIpc) is 2.85. The fraction of sp³-hybridized carbons (Fsp3) is 0.179. The summed E-state index contributed by atoms with van der Waals surface area (Å²) in [4.78, 5) is 24.2. The highest BCUT2D eigenvalue weighted by Gasteiger charge is 2.14. The van der Waals surface area contributed by atoms with Gasteiger partial charge < -0.3 is 14.8 Å². The minimum Gasteiger partial charge on any atom is -0.490 e. The Hall–Kier alpha value is -4.10. The number of anilines is 1. The van der Waals surface area contributed by atoms with Gasteiger partial charge in [-0.25, -0.2) is 5.43 Å². The van der Waals surface area contributed by atoms with E-state index in [1.54, 1.807) is 36.4 Å². The third-order valence-electron chi connectivity index (χ3n) is 4.93. The molecule has 3 aromatic carbocycles. The SMILES string of the molecule is C=CCc1cc(C=NNC(=O)CC(=O)Nc2ccccc2)cc(OCC)c1OCc1ccccc1Cl. The second-order valence-electron chi connectivity index (χ2n) is 7.70. The third kappa shape index (κ3) is 7.99. The topological polar surface area (TPSA) is 89.0 Å². The van der Waals surface area contributed by atoms with Crippen LogP contribution in [-0.2, 0) is 22.6 Å². The number of para-hydroxylation sites is 1. The van der Waals surface area contributed by atoms with Gasteiger partial charge in [0, 0.05) is 21.8 Å². The van der Waals surface area contributed by atoms with Gasteiger partial charge in [0.1, 0.15) is 13.0 Å². The number of halogens is 1. The van der Waals surface area contributed by atoms with Crippen molar-refractivity contribution in [1.82, 2.24) is 5.43 Å². The Morgan fingerprint density at radius 1 is 1.00 bits per heavy atom. The number of carbonyl (C=O) groups excluding carboxylic acids is 2. The van der Waals surface area contributed by atoms with E-state index in [-0.39, 0.29) is 13.0 Å². The lowest BCUT2D eigenvalue weighted by atomic mass is 10.1. The normalized spacial score (nSPS) is 10.6. The van der Waals surface area contributed by atoms with Crippen molar-refractivity contribution in [3.05, 3.63) is 101 Å². The van der Waals surface area contributed by atoms with Crippen molar-refractivity contribution in [1.29, 1.82) is 0 Å². The maximum Gasteiger partial charge on any atom is 0.249 e. The van der Waals surface area contributed by atoms with Gasteiger partial charge >= 0.3 is 0 Å². The number of nitrogens with one attached hydrogen (secondary N) is 2. The third-order valence-corrected chi connectivity index (χ3v) is 5.30. The summed E-state index contributed by atoms with van der Waals surface area (Å²) in [6.07, 6.45) is 3.43. The van der Waals surface area contributed by atoms with E-state index in [1.165, 1.54) is 6.21 Å². The maximum absolute atomic E-state index is 12.1. The van der Waals surface area contributed by atoms with Crippen LogP contribution in [0, 0.1) is 0 Å². The van der Waals surface area contributed by atoms with Crippen molar-refractivity contribution in [2.24, 2.45) is 5.10 Å². The van der Waals surface area contributed by atoms with Gasteiger partial charge in [-0.15, -0.1) is 6.58 Å². The first-order valence-corrected chi connectivity index (χ1v) is 11.8. The average molecular weight is 506 g/mol. The molecule has 0 saturated heterocycles. The van der Waals surface area contributed by atoms with E-state index in [0.717, 1.165) is 11.1 Å². The number of hydrogen-bond acceptors (Lipinski definition) is 5. The van der Waals surface area contributed by atoms with Crippen molar-refractivity contribution >= 4 is 35.3 Å². The van der Waals surface area contributed by atoms with Gasteiger partial charge in [0.2, 0.25) is 11.8 Å². The molecule has 186 valence electrons. The molecule has 36 heavy (non-hydrogen) atoms. The first-order valence-electron chi connectivity index (χ1n) is 11.4. The number of ether oxygens (including phenoxy) is 2. The van der Waals surface area contributed by atoms with Crippen molar-refractivity contribution in [2.45, 2.75) is 26.4 Å². The highest BCUT2D eigenvalue weighted by Crippen LogP contribution is 2.34. The summed E-state index contributed by atoms with van der Waals surface area (Å²) in [7, 11) is 0. The molecule has 7 nitrogen and oxygen atoms in total. The fourth-order valence-electron chi connectivity index (χ4n) is 3.35. The lowest BCUT2D eigenvalue weighted by molar-refractivity contribution is -0.126. The number of hydrogen-bond donors (Lipinski definition) is 2. The van der Waals surface area contributed by atoms with Crippen LogP contribution in [0.25, 0.3) is 0 Å². The van der Waals surface area contributed by atoms with Crippen LogP contribution in [0.5, 0.6) is 11.5 Å². The van der Waals surface area contributed by atoms with Crippen LogP contribution in [0.2, 0.25) is 5.02 Å². The Kier molecular flexibility index (Phi) is 10.1. The Labute approximate surface area is 215 Å². The first-order chi connectivity index (χ1) is 17.5. The lowest BCUT2D eigenvalue weighted by Gasteiger charge is -2.17. The fourth-order valence-corrected chi connectivity index (χ4v) is 3.54. The summed E-state index contributed by atoms with van der Waals surface area (Å²) in [5.41, 5.74) is 5.39. The van der Waals surface area contributed by atoms with Gasteiger partial charge in [0.05, 0.1) is 12.8 Å². The van der Waals surface area contributed by atoms with Crippen LogP contribution in [0.15, 0.2) is 84.5 Å². The number of rotatable bonds is 12. The Balaban J connectivity index is 1.69. The molecule has 0 heterocycles. The number of amides is 2. The minimum absolute atomic E-state index is 0.276. The Bertz CT molecular complexity index is 1230. The van der Waals surface area contributed by atoms with Gasteiger partial charge in [0.15, 0.2) is 11.5 Å². The molecule has 0 saturated carbocycles. The van der Waals surface area contributed by atoms with Crippen molar-refractivity contribution < 1.29 is 19.1 Å². The number of nitrogens with zero attached hydrogens (tertiary/aromatic N) is 1. The Morgan fingerprint density at radius 3 is 2.47 bits per heavy atom. The summed E-state index contributed by atoms with van der Waals surface area (Å²) in [5, 5.41) is 7.28. The minimum atomic E-state index is -0.532. The second-order valence-corrected chi connectivity index (χ2v) is 8.10. The molecule has 8 heteroatoms. The summed E-state index contributed by atoms with van der Waals surface area (Å²) in [6.45, 7) is 6.42. The van der Waals surface area contributed by atoms with Crippen LogP contribution >= 0.6 is 11.6 Å². The molecule has 0 bridgehead atoms. The molecule has 0 aliphatic carbocycles. The first kappa shape index (κ1) is 26.5. The number of allylic oxidation sites excluding steroid dienone is 1. The van der Waals surface area contributed by atoms with Crippen molar-refractivity contribution in [3.63, 3.8) is 0 Å². The maximum atomic E-state index is 12.1. The zero-order valence-electron chi connectivity index (χ0n) is 20.0. The second kappa shape index (κ2) is 13.7. The van der Waals surface area contributed by atoms with Gasteiger partial charge in [-0.3, -0.25) is 9.59 Å². The molecule has 0 unspecified atom stereocenters. The van der Waals surface area contributed by atoms with Crippen LogP contribution < -0.4 is 20.2 Å². The molecule has 0 spiro atoms. The van der Waals surface area contributed by atoms with E-state index < -0.39 is 11.8 Å². The zero-order chi connectivity index (χ0) is 25.8. The zero-order valence-corrected chi connectivity index (χ0v) is 20.8. The summed E-state index contributed by atoms with van der Waals surface area (Å²) in [5.74, 6) is 0.172. The number of carbonyl (C=O) groups is 2. The molecule has 2 N–H and O–H groups in total. The molecule has 0 aromatic heterocycles. The van der Waals surface area contributed by atoms with Gasteiger partial charge in [0.25, 0.3) is 0 Å². The van der Waals surface area contributed by atoms with Crippen LogP contribution in [0.4, 0.5) is 5.69 Å². The monoisotopic (exact) mass is 505 g/mol. The molecular weight excluding hydrogens is 478 g/mol. The molecule has 3 aromatic rings. The summed E-state index contributed by atoms with van der Waals surface area (Å²) >= 11 is 6.27. The van der Waals surface area contributed by atoms with E-state index in [4.69, 9.17) is 21.1 Å². The van der Waals surface area contributed by atoms with Gasteiger partial charge in [-0.1, -0.05) is 54.1 Å². The molecule has 0 radical (unpaired) electrons. The molecular formula is C28H28ClN3O4. The summed E-state index contributed by atoms with van der Waals surface area (Å²) < 4.78 is 11.9. The molecule has 2 amide bonds. The Morgan fingerprint density at radius 2 is 1.75 bits per heavy atom. The molecule has 0 aliphatic rings. The largest absolute Gasteiger partial charge is 0.490 e. The van der Waals surface area contributed by atoms with Crippen molar-refractivity contribution in [3.8, 4) is 11.5 Å². The van der Waals surface area contributed by atoms with Crippen molar-refractivity contribution in [2.75, 3.05) is 11.9 Å². The van der Waals surface area contributed by atoms with E-state index >= 15 is 0 Å². The van der Waals surface area contributed by atoms with Gasteiger partial charge in [-0.05, 0) is 49.2 Å². The van der Waals surface area contributed by atoms with Crippen LogP contribution in [-0.4, -0.2) is 24.6 Å². The number of hydrazone groups is 1. The predicted molar refractivity (Wildman–Crippen MR) is 143 cm³/mol. The number of benzene rings is 3. The quantitative estimate of drug-likeness (QED) is 0.147. The molecule has 0 fully saturated rings. The van der Waals surface area contributed by atoms with Crippen LogP contribution in [0.1, 0.15) is 30.0 Å². The van der Waals surface area contributed by atoms with E-state index in [9.17, 15) is 9.59 Å². The smallest absolute Gasteiger partial charge is 0.249 e.